The van der Waals surface area contributed by atoms with Crippen molar-refractivity contribution in [1.29, 1.82) is 0 Å². The minimum atomic E-state index is -0.128. The maximum Gasteiger partial charge on any atom is 0.241 e. The summed E-state index contributed by atoms with van der Waals surface area (Å²) in [6.45, 7) is 2.95. The molecule has 1 saturated heterocycles. The van der Waals surface area contributed by atoms with Gasteiger partial charge in [-0.25, -0.2) is 4.98 Å². The van der Waals surface area contributed by atoms with Crippen molar-refractivity contribution in [2.75, 3.05) is 11.9 Å². The van der Waals surface area contributed by atoms with Crippen LogP contribution in [0.1, 0.15) is 13.3 Å². The summed E-state index contributed by atoms with van der Waals surface area (Å²) in [7, 11) is 0. The molecule has 2 unspecified atom stereocenters. The molecule has 1 aliphatic rings. The molecule has 1 aromatic rings. The first-order valence-corrected chi connectivity index (χ1v) is 5.71. The lowest BCUT2D eigenvalue weighted by Gasteiger charge is -2.15. The van der Waals surface area contributed by atoms with Crippen LogP contribution in [0.3, 0.4) is 0 Å². The molecule has 0 radical (unpaired) electrons. The summed E-state index contributed by atoms with van der Waals surface area (Å²) in [6.07, 6.45) is 2.62. The molecule has 0 aromatic carbocycles. The molecule has 1 aromatic heterocycles. The molecular weight excluding hydrogens is 226 g/mol. The smallest absolute Gasteiger partial charge is 0.241 e. The standard InChI is InChI=1S/C11H14ClN3O/c1-7-4-6-13-9(7)11(16)15-8-3-2-5-14-10(8)12/h2-3,5,7,9,13H,4,6H2,1H3,(H,15,16). The van der Waals surface area contributed by atoms with E-state index in [0.717, 1.165) is 13.0 Å². The van der Waals surface area contributed by atoms with Gasteiger partial charge in [0.15, 0.2) is 5.15 Å². The Morgan fingerprint density at radius 2 is 2.50 bits per heavy atom. The molecule has 5 heteroatoms. The number of nitrogens with one attached hydrogen (secondary N) is 2. The van der Waals surface area contributed by atoms with Crippen LogP contribution in [-0.4, -0.2) is 23.5 Å². The molecule has 86 valence electrons. The zero-order valence-electron chi connectivity index (χ0n) is 9.03. The predicted molar refractivity (Wildman–Crippen MR) is 63.4 cm³/mol. The zero-order chi connectivity index (χ0) is 11.5. The van der Waals surface area contributed by atoms with E-state index in [4.69, 9.17) is 11.6 Å². The fourth-order valence-electron chi connectivity index (χ4n) is 1.88. The average molecular weight is 240 g/mol. The summed E-state index contributed by atoms with van der Waals surface area (Å²) in [5, 5.41) is 6.28. The van der Waals surface area contributed by atoms with Crippen molar-refractivity contribution >= 4 is 23.2 Å². The highest BCUT2D eigenvalue weighted by atomic mass is 35.5. The topological polar surface area (TPSA) is 54.0 Å². The summed E-state index contributed by atoms with van der Waals surface area (Å²) in [4.78, 5) is 15.8. The molecular formula is C11H14ClN3O. The minimum absolute atomic E-state index is 0.0418. The molecule has 2 rings (SSSR count). The first-order chi connectivity index (χ1) is 7.68. The second-order valence-electron chi connectivity index (χ2n) is 4.03. The number of aromatic nitrogens is 1. The highest BCUT2D eigenvalue weighted by Crippen LogP contribution is 2.20. The highest BCUT2D eigenvalue weighted by molar-refractivity contribution is 6.32. The first-order valence-electron chi connectivity index (χ1n) is 5.33. The van der Waals surface area contributed by atoms with E-state index in [1.807, 2.05) is 0 Å². The van der Waals surface area contributed by atoms with Crippen LogP contribution in [0.25, 0.3) is 0 Å². The second kappa shape index (κ2) is 4.80. The molecule has 0 spiro atoms. The van der Waals surface area contributed by atoms with E-state index in [1.54, 1.807) is 18.3 Å². The number of amides is 1. The van der Waals surface area contributed by atoms with E-state index in [2.05, 4.69) is 22.5 Å². The molecule has 0 aliphatic carbocycles. The number of hydrogen-bond donors (Lipinski definition) is 2. The van der Waals surface area contributed by atoms with E-state index in [0.29, 0.717) is 16.8 Å². The van der Waals surface area contributed by atoms with Gasteiger partial charge in [-0.2, -0.15) is 0 Å². The van der Waals surface area contributed by atoms with Gasteiger partial charge in [0.2, 0.25) is 5.91 Å². The maximum absolute atomic E-state index is 11.9. The summed E-state index contributed by atoms with van der Waals surface area (Å²) < 4.78 is 0. The number of hydrogen-bond acceptors (Lipinski definition) is 3. The van der Waals surface area contributed by atoms with Gasteiger partial charge in [-0.1, -0.05) is 18.5 Å². The number of halogens is 1. The van der Waals surface area contributed by atoms with Crippen molar-refractivity contribution in [2.45, 2.75) is 19.4 Å². The van der Waals surface area contributed by atoms with Gasteiger partial charge in [0.25, 0.3) is 0 Å². The Kier molecular flexibility index (Phi) is 3.41. The molecule has 2 heterocycles. The Labute approximate surface area is 99.4 Å². The van der Waals surface area contributed by atoms with Crippen LogP contribution < -0.4 is 10.6 Å². The van der Waals surface area contributed by atoms with E-state index in [-0.39, 0.29) is 11.9 Å². The van der Waals surface area contributed by atoms with Crippen molar-refractivity contribution in [3.8, 4) is 0 Å². The molecule has 4 nitrogen and oxygen atoms in total. The monoisotopic (exact) mass is 239 g/mol. The van der Waals surface area contributed by atoms with Gasteiger partial charge < -0.3 is 10.6 Å². The van der Waals surface area contributed by atoms with Gasteiger partial charge in [-0.15, -0.1) is 0 Å². The van der Waals surface area contributed by atoms with Crippen molar-refractivity contribution in [2.24, 2.45) is 5.92 Å². The van der Waals surface area contributed by atoms with Gasteiger partial charge in [-0.05, 0) is 31.0 Å². The zero-order valence-corrected chi connectivity index (χ0v) is 9.79. The van der Waals surface area contributed by atoms with Crippen LogP contribution in [0.15, 0.2) is 18.3 Å². The minimum Gasteiger partial charge on any atom is -0.322 e. The van der Waals surface area contributed by atoms with Crippen molar-refractivity contribution in [3.63, 3.8) is 0 Å². The summed E-state index contributed by atoms with van der Waals surface area (Å²) in [5.41, 5.74) is 0.565. The number of rotatable bonds is 2. The Morgan fingerprint density at radius 1 is 1.69 bits per heavy atom. The Balaban J connectivity index is 2.05. The largest absolute Gasteiger partial charge is 0.322 e. The molecule has 2 N–H and O–H groups in total. The number of pyridine rings is 1. The molecule has 0 bridgehead atoms. The lowest BCUT2D eigenvalue weighted by Crippen LogP contribution is -2.39. The van der Waals surface area contributed by atoms with Crippen LogP contribution in [-0.2, 0) is 4.79 Å². The lowest BCUT2D eigenvalue weighted by molar-refractivity contribution is -0.118. The lowest BCUT2D eigenvalue weighted by atomic mass is 10.0. The Bertz CT molecular complexity index is 397. The van der Waals surface area contributed by atoms with Gasteiger partial charge in [0.1, 0.15) is 0 Å². The summed E-state index contributed by atoms with van der Waals surface area (Å²) in [6, 6.07) is 3.36. The highest BCUT2D eigenvalue weighted by Gasteiger charge is 2.29. The predicted octanol–water partition coefficient (Wildman–Crippen LogP) is 1.67. The molecule has 0 saturated carbocycles. The second-order valence-corrected chi connectivity index (χ2v) is 4.39. The molecule has 1 aliphatic heterocycles. The van der Waals surface area contributed by atoms with E-state index in [1.165, 1.54) is 0 Å². The van der Waals surface area contributed by atoms with Gasteiger partial charge in [-0.3, -0.25) is 4.79 Å². The van der Waals surface area contributed by atoms with Crippen molar-refractivity contribution in [1.82, 2.24) is 10.3 Å². The van der Waals surface area contributed by atoms with E-state index >= 15 is 0 Å². The van der Waals surface area contributed by atoms with Gasteiger partial charge >= 0.3 is 0 Å². The average Bonchev–Trinajstić information content (AvgIpc) is 2.68. The third-order valence-electron chi connectivity index (χ3n) is 2.83. The number of carbonyl (C=O) groups excluding carboxylic acids is 1. The Morgan fingerprint density at radius 3 is 3.12 bits per heavy atom. The maximum atomic E-state index is 11.9. The van der Waals surface area contributed by atoms with Crippen LogP contribution in [0.2, 0.25) is 5.15 Å². The van der Waals surface area contributed by atoms with Gasteiger partial charge in [0.05, 0.1) is 11.7 Å². The molecule has 1 fully saturated rings. The first kappa shape index (κ1) is 11.4. The number of nitrogens with zero attached hydrogens (tertiary/aromatic N) is 1. The van der Waals surface area contributed by atoms with E-state index in [9.17, 15) is 4.79 Å². The normalized spacial score (nSPS) is 24.4. The van der Waals surface area contributed by atoms with Crippen LogP contribution >= 0.6 is 11.6 Å². The fourth-order valence-corrected chi connectivity index (χ4v) is 2.04. The van der Waals surface area contributed by atoms with Crippen LogP contribution in [0.4, 0.5) is 5.69 Å². The van der Waals surface area contributed by atoms with E-state index < -0.39 is 0 Å². The molecule has 2 atom stereocenters. The number of carbonyl (C=O) groups is 1. The number of anilines is 1. The quantitative estimate of drug-likeness (QED) is 0.772. The summed E-state index contributed by atoms with van der Waals surface area (Å²) >= 11 is 5.87. The summed E-state index contributed by atoms with van der Waals surface area (Å²) in [5.74, 6) is 0.315. The fraction of sp³-hybridized carbons (Fsp3) is 0.455. The van der Waals surface area contributed by atoms with Crippen molar-refractivity contribution < 1.29 is 4.79 Å². The molecule has 1 amide bonds. The van der Waals surface area contributed by atoms with Crippen LogP contribution in [0.5, 0.6) is 0 Å². The van der Waals surface area contributed by atoms with Crippen LogP contribution in [0, 0.1) is 5.92 Å². The van der Waals surface area contributed by atoms with Gasteiger partial charge in [0, 0.05) is 6.20 Å². The third kappa shape index (κ3) is 2.33. The third-order valence-corrected chi connectivity index (χ3v) is 3.13. The SMILES string of the molecule is CC1CCNC1C(=O)Nc1cccnc1Cl. The van der Waals surface area contributed by atoms with Crippen molar-refractivity contribution in [3.05, 3.63) is 23.5 Å². The molecule has 16 heavy (non-hydrogen) atoms. The Hall–Kier alpha value is -1.13.